The van der Waals surface area contributed by atoms with E-state index in [0.29, 0.717) is 30.9 Å². The molecule has 0 amide bonds. The van der Waals surface area contributed by atoms with Gasteiger partial charge in [-0.1, -0.05) is 17.3 Å². The van der Waals surface area contributed by atoms with E-state index in [9.17, 15) is 8.42 Å². The van der Waals surface area contributed by atoms with E-state index in [1.807, 2.05) is 18.2 Å². The van der Waals surface area contributed by atoms with Crippen LogP contribution in [0.5, 0.6) is 0 Å². The molecule has 0 bridgehead atoms. The van der Waals surface area contributed by atoms with Crippen LogP contribution in [-0.4, -0.2) is 32.8 Å². The summed E-state index contributed by atoms with van der Waals surface area (Å²) in [6.45, 7) is 1.30. The number of benzene rings is 1. The molecule has 1 aromatic heterocycles. The van der Waals surface area contributed by atoms with Gasteiger partial charge in [0.2, 0.25) is 10.0 Å². The molecule has 2 heterocycles. The van der Waals surface area contributed by atoms with E-state index in [1.54, 1.807) is 6.07 Å². The van der Waals surface area contributed by atoms with Crippen LogP contribution in [0.1, 0.15) is 25.0 Å². The molecule has 1 N–H and O–H groups in total. The van der Waals surface area contributed by atoms with E-state index in [4.69, 9.17) is 9.26 Å². The summed E-state index contributed by atoms with van der Waals surface area (Å²) in [5.74, 6) is -0.165. The number of rotatable bonds is 4. The molecule has 114 valence electrons. The second-order valence-electron chi connectivity index (χ2n) is 5.24. The zero-order valence-corrected chi connectivity index (χ0v) is 12.4. The Bertz CT molecular complexity index is 703. The van der Waals surface area contributed by atoms with Gasteiger partial charge in [-0.05, 0) is 31.4 Å². The minimum atomic E-state index is -3.44. The first kappa shape index (κ1) is 14.5. The van der Waals surface area contributed by atoms with Gasteiger partial charge in [-0.25, -0.2) is 13.1 Å². The molecular formula is C14H18N2O4S. The predicted molar refractivity (Wildman–Crippen MR) is 78.2 cm³/mol. The summed E-state index contributed by atoms with van der Waals surface area (Å²) >= 11 is 0. The topological polar surface area (TPSA) is 81.4 Å². The largest absolute Gasteiger partial charge is 0.381 e. The average molecular weight is 310 g/mol. The zero-order chi connectivity index (χ0) is 14.7. The molecular weight excluding hydrogens is 292 g/mol. The third-order valence-electron chi connectivity index (χ3n) is 3.58. The number of aromatic nitrogens is 1. The van der Waals surface area contributed by atoms with Crippen LogP contribution in [0.2, 0.25) is 0 Å². The average Bonchev–Trinajstić information content (AvgIpc) is 2.68. The summed E-state index contributed by atoms with van der Waals surface area (Å²) in [5, 5.41) is 4.62. The fourth-order valence-electron chi connectivity index (χ4n) is 2.54. The summed E-state index contributed by atoms with van der Waals surface area (Å²) < 4.78 is 37.8. The SMILES string of the molecule is O=S(=O)(Cc1noc2ccccc12)NC1CCCOCC1. The highest BCUT2D eigenvalue weighted by molar-refractivity contribution is 7.88. The Morgan fingerprint density at radius 3 is 3.00 bits per heavy atom. The molecule has 0 saturated carbocycles. The molecule has 1 aromatic carbocycles. The molecule has 7 heteroatoms. The third-order valence-corrected chi connectivity index (χ3v) is 4.92. The molecule has 0 spiro atoms. The number of ether oxygens (including phenoxy) is 1. The van der Waals surface area contributed by atoms with Crippen LogP contribution in [0.3, 0.4) is 0 Å². The second kappa shape index (κ2) is 6.13. The number of fused-ring (bicyclic) bond motifs is 1. The van der Waals surface area contributed by atoms with Crippen molar-refractivity contribution in [1.29, 1.82) is 0 Å². The van der Waals surface area contributed by atoms with Gasteiger partial charge in [-0.2, -0.15) is 0 Å². The van der Waals surface area contributed by atoms with Crippen LogP contribution in [0, 0.1) is 0 Å². The van der Waals surface area contributed by atoms with Crippen molar-refractivity contribution >= 4 is 21.0 Å². The van der Waals surface area contributed by atoms with E-state index >= 15 is 0 Å². The Balaban J connectivity index is 1.73. The smallest absolute Gasteiger partial charge is 0.217 e. The normalized spacial score (nSPS) is 20.5. The van der Waals surface area contributed by atoms with Gasteiger partial charge < -0.3 is 9.26 Å². The van der Waals surface area contributed by atoms with Crippen molar-refractivity contribution in [1.82, 2.24) is 9.88 Å². The van der Waals surface area contributed by atoms with Gasteiger partial charge in [0.05, 0.1) is 0 Å². The predicted octanol–water partition coefficient (Wildman–Crippen LogP) is 1.82. The molecule has 1 saturated heterocycles. The number of hydrogen-bond acceptors (Lipinski definition) is 5. The molecule has 1 unspecified atom stereocenters. The van der Waals surface area contributed by atoms with E-state index in [1.165, 1.54) is 0 Å². The number of nitrogens with one attached hydrogen (secondary N) is 1. The van der Waals surface area contributed by atoms with Gasteiger partial charge in [0.25, 0.3) is 0 Å². The van der Waals surface area contributed by atoms with Crippen LogP contribution in [0.4, 0.5) is 0 Å². The first-order chi connectivity index (χ1) is 10.1. The lowest BCUT2D eigenvalue weighted by Gasteiger charge is -2.15. The molecule has 0 radical (unpaired) electrons. The Hall–Kier alpha value is -1.44. The minimum Gasteiger partial charge on any atom is -0.381 e. The Kier molecular flexibility index (Phi) is 4.23. The number of para-hydroxylation sites is 1. The van der Waals surface area contributed by atoms with Crippen molar-refractivity contribution in [3.05, 3.63) is 30.0 Å². The van der Waals surface area contributed by atoms with Crippen molar-refractivity contribution in [3.8, 4) is 0 Å². The highest BCUT2D eigenvalue weighted by atomic mass is 32.2. The van der Waals surface area contributed by atoms with Gasteiger partial charge in [0.1, 0.15) is 11.4 Å². The summed E-state index contributed by atoms with van der Waals surface area (Å²) in [6.07, 6.45) is 2.39. The van der Waals surface area contributed by atoms with Crippen molar-refractivity contribution in [2.45, 2.75) is 31.1 Å². The van der Waals surface area contributed by atoms with Gasteiger partial charge in [-0.3, -0.25) is 0 Å². The second-order valence-corrected chi connectivity index (χ2v) is 7.00. The standard InChI is InChI=1S/C14H18N2O4S/c17-21(18,16-11-4-3-8-19-9-7-11)10-13-12-5-1-2-6-14(12)20-15-13/h1-2,5-6,11,16H,3-4,7-10H2. The van der Waals surface area contributed by atoms with Gasteiger partial charge in [-0.15, -0.1) is 0 Å². The quantitative estimate of drug-likeness (QED) is 0.931. The van der Waals surface area contributed by atoms with E-state index in [-0.39, 0.29) is 11.8 Å². The maximum atomic E-state index is 12.3. The number of nitrogens with zero attached hydrogens (tertiary/aromatic N) is 1. The van der Waals surface area contributed by atoms with Gasteiger partial charge in [0, 0.05) is 24.6 Å². The maximum absolute atomic E-state index is 12.3. The lowest BCUT2D eigenvalue weighted by molar-refractivity contribution is 0.143. The fraction of sp³-hybridized carbons (Fsp3) is 0.500. The summed E-state index contributed by atoms with van der Waals surface area (Å²) in [4.78, 5) is 0. The van der Waals surface area contributed by atoms with Gasteiger partial charge >= 0.3 is 0 Å². The monoisotopic (exact) mass is 310 g/mol. The van der Waals surface area contributed by atoms with E-state index < -0.39 is 10.0 Å². The Labute approximate surface area is 123 Å². The van der Waals surface area contributed by atoms with Crippen LogP contribution in [0.15, 0.2) is 28.8 Å². The molecule has 1 atom stereocenters. The van der Waals surface area contributed by atoms with Crippen molar-refractivity contribution in [2.75, 3.05) is 13.2 Å². The molecule has 0 aliphatic carbocycles. The molecule has 1 aliphatic heterocycles. The molecule has 3 rings (SSSR count). The number of hydrogen-bond donors (Lipinski definition) is 1. The molecule has 1 aliphatic rings. The first-order valence-electron chi connectivity index (χ1n) is 7.05. The minimum absolute atomic E-state index is 0.0596. The summed E-state index contributed by atoms with van der Waals surface area (Å²) in [5.41, 5.74) is 1.05. The first-order valence-corrected chi connectivity index (χ1v) is 8.70. The summed E-state index contributed by atoms with van der Waals surface area (Å²) in [7, 11) is -3.44. The lowest BCUT2D eigenvalue weighted by atomic mass is 10.1. The number of sulfonamides is 1. The van der Waals surface area contributed by atoms with Crippen LogP contribution in [0.25, 0.3) is 11.0 Å². The van der Waals surface area contributed by atoms with Crippen LogP contribution < -0.4 is 4.72 Å². The molecule has 1 fully saturated rings. The fourth-order valence-corrected chi connectivity index (χ4v) is 3.93. The highest BCUT2D eigenvalue weighted by Crippen LogP contribution is 2.20. The highest BCUT2D eigenvalue weighted by Gasteiger charge is 2.22. The maximum Gasteiger partial charge on any atom is 0.217 e. The Morgan fingerprint density at radius 2 is 2.10 bits per heavy atom. The van der Waals surface area contributed by atoms with Crippen molar-refractivity contribution < 1.29 is 17.7 Å². The van der Waals surface area contributed by atoms with Gasteiger partial charge in [0.15, 0.2) is 5.58 Å². The van der Waals surface area contributed by atoms with E-state index in [2.05, 4.69) is 9.88 Å². The van der Waals surface area contributed by atoms with Crippen molar-refractivity contribution in [3.63, 3.8) is 0 Å². The zero-order valence-electron chi connectivity index (χ0n) is 11.6. The molecule has 21 heavy (non-hydrogen) atoms. The summed E-state index contributed by atoms with van der Waals surface area (Å²) in [6, 6.07) is 7.20. The van der Waals surface area contributed by atoms with Crippen molar-refractivity contribution in [2.24, 2.45) is 0 Å². The van der Waals surface area contributed by atoms with E-state index in [0.717, 1.165) is 18.2 Å². The van der Waals surface area contributed by atoms with Crippen LogP contribution >= 0.6 is 0 Å². The van der Waals surface area contributed by atoms with Crippen LogP contribution in [-0.2, 0) is 20.5 Å². The lowest BCUT2D eigenvalue weighted by Crippen LogP contribution is -2.35. The molecule has 6 nitrogen and oxygen atoms in total. The molecule has 2 aromatic rings. The third kappa shape index (κ3) is 3.61. The Morgan fingerprint density at radius 1 is 1.24 bits per heavy atom.